The summed E-state index contributed by atoms with van der Waals surface area (Å²) in [7, 11) is 0. The quantitative estimate of drug-likeness (QED) is 0.892. The van der Waals surface area contributed by atoms with Crippen molar-refractivity contribution in [2.24, 2.45) is 0 Å². The van der Waals surface area contributed by atoms with Gasteiger partial charge in [-0.2, -0.15) is 4.98 Å². The number of aryl methyl sites for hydroxylation is 1. The molecule has 2 aromatic rings. The Morgan fingerprint density at radius 2 is 2.33 bits per heavy atom. The smallest absolute Gasteiger partial charge is 0.342 e. The summed E-state index contributed by atoms with van der Waals surface area (Å²) in [6.45, 7) is 1.52. The van der Waals surface area contributed by atoms with Crippen LogP contribution >= 0.6 is 0 Å². The van der Waals surface area contributed by atoms with Crippen molar-refractivity contribution in [1.82, 2.24) is 10.1 Å². The third-order valence-corrected chi connectivity index (χ3v) is 2.12. The molecule has 1 N–H and O–H groups in total. The number of halogens is 1. The van der Waals surface area contributed by atoms with Gasteiger partial charge in [0, 0.05) is 6.92 Å². The van der Waals surface area contributed by atoms with Gasteiger partial charge in [0.2, 0.25) is 11.7 Å². The maximum atomic E-state index is 13.3. The SMILES string of the molecule is Cc1nc(COc2cccc(F)c2C(=O)O)no1. The summed E-state index contributed by atoms with van der Waals surface area (Å²) in [5.41, 5.74) is -0.516. The lowest BCUT2D eigenvalue weighted by molar-refractivity contribution is 0.0686. The molecule has 0 spiro atoms. The van der Waals surface area contributed by atoms with Gasteiger partial charge in [-0.15, -0.1) is 0 Å². The summed E-state index contributed by atoms with van der Waals surface area (Å²) in [4.78, 5) is 14.8. The van der Waals surface area contributed by atoms with Crippen molar-refractivity contribution >= 4 is 5.97 Å². The molecule has 1 heterocycles. The number of ether oxygens (including phenoxy) is 1. The maximum absolute atomic E-state index is 13.3. The largest absolute Gasteiger partial charge is 0.484 e. The zero-order valence-corrected chi connectivity index (χ0v) is 9.38. The predicted octanol–water partition coefficient (Wildman–Crippen LogP) is 1.79. The third-order valence-electron chi connectivity index (χ3n) is 2.12. The molecular formula is C11H9FN2O4. The van der Waals surface area contributed by atoms with Gasteiger partial charge in [-0.25, -0.2) is 9.18 Å². The van der Waals surface area contributed by atoms with Crippen LogP contribution in [0.15, 0.2) is 22.7 Å². The maximum Gasteiger partial charge on any atom is 0.342 e. The number of nitrogens with zero attached hydrogens (tertiary/aromatic N) is 2. The van der Waals surface area contributed by atoms with Gasteiger partial charge < -0.3 is 14.4 Å². The molecule has 94 valence electrons. The van der Waals surface area contributed by atoms with E-state index in [2.05, 4.69) is 10.1 Å². The van der Waals surface area contributed by atoms with Crippen molar-refractivity contribution in [1.29, 1.82) is 0 Å². The Morgan fingerprint density at radius 3 is 2.94 bits per heavy atom. The lowest BCUT2D eigenvalue weighted by Gasteiger charge is -2.07. The van der Waals surface area contributed by atoms with Gasteiger partial charge in [0.15, 0.2) is 6.61 Å². The van der Waals surface area contributed by atoms with Gasteiger partial charge in [-0.05, 0) is 12.1 Å². The Morgan fingerprint density at radius 1 is 1.56 bits per heavy atom. The van der Waals surface area contributed by atoms with E-state index < -0.39 is 17.3 Å². The molecule has 2 rings (SSSR count). The van der Waals surface area contributed by atoms with E-state index in [0.29, 0.717) is 5.89 Å². The number of carboxylic acid groups (broad SMARTS) is 1. The number of carbonyl (C=O) groups is 1. The zero-order valence-electron chi connectivity index (χ0n) is 9.38. The second kappa shape index (κ2) is 4.82. The van der Waals surface area contributed by atoms with Crippen LogP contribution in [-0.4, -0.2) is 21.2 Å². The molecule has 18 heavy (non-hydrogen) atoms. The summed E-state index contributed by atoms with van der Waals surface area (Å²) >= 11 is 0. The van der Waals surface area contributed by atoms with Crippen LogP contribution < -0.4 is 4.74 Å². The first kappa shape index (κ1) is 12.0. The van der Waals surface area contributed by atoms with E-state index in [-0.39, 0.29) is 18.2 Å². The zero-order chi connectivity index (χ0) is 13.1. The highest BCUT2D eigenvalue weighted by Crippen LogP contribution is 2.22. The minimum atomic E-state index is -1.40. The molecule has 6 nitrogen and oxygen atoms in total. The number of aromatic nitrogens is 2. The van der Waals surface area contributed by atoms with Crippen LogP contribution in [0.4, 0.5) is 4.39 Å². The first-order valence-corrected chi connectivity index (χ1v) is 5.01. The molecular weight excluding hydrogens is 243 g/mol. The summed E-state index contributed by atoms with van der Waals surface area (Å²) < 4.78 is 23.2. The van der Waals surface area contributed by atoms with Crippen LogP contribution in [0.1, 0.15) is 22.1 Å². The normalized spacial score (nSPS) is 10.3. The summed E-state index contributed by atoms with van der Waals surface area (Å²) in [5.74, 6) is -1.71. The fourth-order valence-electron chi connectivity index (χ4n) is 1.37. The molecule has 0 radical (unpaired) electrons. The van der Waals surface area contributed by atoms with Gasteiger partial charge in [0.25, 0.3) is 0 Å². The molecule has 0 fully saturated rings. The molecule has 1 aromatic carbocycles. The molecule has 0 atom stereocenters. The topological polar surface area (TPSA) is 85.5 Å². The summed E-state index contributed by atoms with van der Waals surface area (Å²) in [5, 5.41) is 12.5. The van der Waals surface area contributed by atoms with Gasteiger partial charge in [-0.1, -0.05) is 11.2 Å². The first-order chi connectivity index (χ1) is 8.58. The predicted molar refractivity (Wildman–Crippen MR) is 56.7 cm³/mol. The van der Waals surface area contributed by atoms with E-state index in [1.165, 1.54) is 12.1 Å². The molecule has 0 aliphatic heterocycles. The minimum Gasteiger partial charge on any atom is -0.484 e. The molecule has 0 bridgehead atoms. The highest BCUT2D eigenvalue weighted by molar-refractivity contribution is 5.91. The van der Waals surface area contributed by atoms with E-state index in [4.69, 9.17) is 14.4 Å². The molecule has 0 aliphatic rings. The Hall–Kier alpha value is -2.44. The summed E-state index contributed by atoms with van der Waals surface area (Å²) in [6.07, 6.45) is 0. The molecule has 0 saturated carbocycles. The van der Waals surface area contributed by atoms with Crippen LogP contribution in [0, 0.1) is 12.7 Å². The average molecular weight is 252 g/mol. The Kier molecular flexibility index (Phi) is 3.22. The summed E-state index contributed by atoms with van der Waals surface area (Å²) in [6, 6.07) is 3.77. The highest BCUT2D eigenvalue weighted by Gasteiger charge is 2.17. The number of carboxylic acids is 1. The van der Waals surface area contributed by atoms with Crippen molar-refractivity contribution in [3.8, 4) is 5.75 Å². The van der Waals surface area contributed by atoms with Crippen LogP contribution in [-0.2, 0) is 6.61 Å². The molecule has 0 aliphatic carbocycles. The van der Waals surface area contributed by atoms with Crippen LogP contribution in [0.5, 0.6) is 5.75 Å². The Balaban J connectivity index is 2.19. The minimum absolute atomic E-state index is 0.0787. The van der Waals surface area contributed by atoms with Gasteiger partial charge in [0.05, 0.1) is 0 Å². The van der Waals surface area contributed by atoms with Gasteiger partial charge in [-0.3, -0.25) is 0 Å². The second-order valence-electron chi connectivity index (χ2n) is 3.44. The highest BCUT2D eigenvalue weighted by atomic mass is 19.1. The lowest BCUT2D eigenvalue weighted by Crippen LogP contribution is -2.06. The lowest BCUT2D eigenvalue weighted by atomic mass is 10.2. The average Bonchev–Trinajstić information content (AvgIpc) is 2.72. The third kappa shape index (κ3) is 2.45. The van der Waals surface area contributed by atoms with Crippen molar-refractivity contribution in [2.45, 2.75) is 13.5 Å². The van der Waals surface area contributed by atoms with Crippen molar-refractivity contribution < 1.29 is 23.6 Å². The fraction of sp³-hybridized carbons (Fsp3) is 0.182. The van der Waals surface area contributed by atoms with Crippen LogP contribution in [0.25, 0.3) is 0 Å². The van der Waals surface area contributed by atoms with Crippen LogP contribution in [0.3, 0.4) is 0 Å². The molecule has 0 amide bonds. The molecule has 1 aromatic heterocycles. The molecule has 0 saturated heterocycles. The number of rotatable bonds is 4. The number of benzene rings is 1. The second-order valence-corrected chi connectivity index (χ2v) is 3.44. The van der Waals surface area contributed by atoms with Crippen molar-refractivity contribution in [3.63, 3.8) is 0 Å². The number of hydrogen-bond donors (Lipinski definition) is 1. The van der Waals surface area contributed by atoms with E-state index >= 15 is 0 Å². The molecule has 7 heteroatoms. The van der Waals surface area contributed by atoms with Crippen LogP contribution in [0.2, 0.25) is 0 Å². The van der Waals surface area contributed by atoms with Gasteiger partial charge in [0.1, 0.15) is 17.1 Å². The van der Waals surface area contributed by atoms with Crippen molar-refractivity contribution in [2.75, 3.05) is 0 Å². The monoisotopic (exact) mass is 252 g/mol. The van der Waals surface area contributed by atoms with Crippen molar-refractivity contribution in [3.05, 3.63) is 41.3 Å². The number of hydrogen-bond acceptors (Lipinski definition) is 5. The first-order valence-electron chi connectivity index (χ1n) is 5.01. The van der Waals surface area contributed by atoms with E-state index in [0.717, 1.165) is 6.07 Å². The Labute approximate surface area is 101 Å². The molecule has 0 unspecified atom stereocenters. The van der Waals surface area contributed by atoms with E-state index in [1.54, 1.807) is 6.92 Å². The Bertz CT molecular complexity index is 582. The number of aromatic carboxylic acids is 1. The van der Waals surface area contributed by atoms with Gasteiger partial charge >= 0.3 is 5.97 Å². The standard InChI is InChI=1S/C11H9FN2O4/c1-6-13-9(14-18-6)5-17-8-4-2-3-7(12)10(8)11(15)16/h2-4H,5H2,1H3,(H,15,16). The fourth-order valence-corrected chi connectivity index (χ4v) is 1.37. The van der Waals surface area contributed by atoms with E-state index in [9.17, 15) is 9.18 Å². The van der Waals surface area contributed by atoms with E-state index in [1.807, 2.05) is 0 Å².